The van der Waals surface area contributed by atoms with Crippen LogP contribution >= 0.6 is 24.0 Å². The van der Waals surface area contributed by atoms with Gasteiger partial charge in [0.2, 0.25) is 0 Å². The van der Waals surface area contributed by atoms with E-state index in [1.54, 1.807) is 4.90 Å². The maximum absolute atomic E-state index is 12.9. The van der Waals surface area contributed by atoms with Gasteiger partial charge in [0.05, 0.1) is 10.6 Å². The van der Waals surface area contributed by atoms with Crippen molar-refractivity contribution in [3.8, 4) is 5.75 Å². The fraction of sp³-hybridized carbons (Fsp3) is 0.0435. The van der Waals surface area contributed by atoms with Crippen LogP contribution in [0.2, 0.25) is 0 Å². The molecule has 1 aliphatic rings. The number of carbonyl (C=O) groups is 1. The number of para-hydroxylation sites is 2. The van der Waals surface area contributed by atoms with Gasteiger partial charge in [-0.2, -0.15) is 0 Å². The molecule has 0 unspecified atom stereocenters. The molecule has 0 aromatic heterocycles. The monoisotopic (exact) mass is 403 g/mol. The molecule has 0 bridgehead atoms. The predicted octanol–water partition coefficient (Wildman–Crippen LogP) is 5.67. The predicted molar refractivity (Wildman–Crippen MR) is 119 cm³/mol. The highest BCUT2D eigenvalue weighted by Gasteiger charge is 2.33. The van der Waals surface area contributed by atoms with Gasteiger partial charge in [-0.25, -0.2) is 0 Å². The molecule has 0 atom stereocenters. The number of nitrogens with zero attached hydrogens (tertiary/aromatic N) is 1. The van der Waals surface area contributed by atoms with Gasteiger partial charge < -0.3 is 4.74 Å². The standard InChI is InChI=1S/C23H17NO2S2/c25-22-21(28-23(27)24(22)19-12-5-2-6-13-19)15-18-11-7-8-14-20(18)26-16-17-9-3-1-4-10-17/h1-15H,16H2/b21-15+. The summed E-state index contributed by atoms with van der Waals surface area (Å²) in [5.41, 5.74) is 2.72. The van der Waals surface area contributed by atoms with Crippen molar-refractivity contribution in [2.75, 3.05) is 4.90 Å². The van der Waals surface area contributed by atoms with Crippen LogP contribution in [0.3, 0.4) is 0 Å². The summed E-state index contributed by atoms with van der Waals surface area (Å²) in [6.45, 7) is 0.469. The number of carbonyl (C=O) groups excluding carboxylic acids is 1. The Labute approximate surface area is 173 Å². The Hall–Kier alpha value is -2.89. The van der Waals surface area contributed by atoms with Gasteiger partial charge in [-0.1, -0.05) is 90.7 Å². The second-order valence-corrected chi connectivity index (χ2v) is 7.84. The van der Waals surface area contributed by atoms with Crippen molar-refractivity contribution in [1.82, 2.24) is 0 Å². The van der Waals surface area contributed by atoms with Crippen molar-refractivity contribution in [2.24, 2.45) is 0 Å². The van der Waals surface area contributed by atoms with Crippen LogP contribution in [-0.4, -0.2) is 10.2 Å². The van der Waals surface area contributed by atoms with E-state index in [2.05, 4.69) is 0 Å². The number of hydrogen-bond donors (Lipinski definition) is 0. The first kappa shape index (κ1) is 18.5. The molecule has 0 N–H and O–H groups in total. The molecule has 3 aromatic rings. The lowest BCUT2D eigenvalue weighted by atomic mass is 10.1. The SMILES string of the molecule is O=C1/C(=C\c2ccccc2OCc2ccccc2)SC(=S)N1c1ccccc1. The summed E-state index contributed by atoms with van der Waals surface area (Å²) in [6.07, 6.45) is 1.85. The van der Waals surface area contributed by atoms with Crippen LogP contribution in [0, 0.1) is 0 Å². The van der Waals surface area contributed by atoms with E-state index >= 15 is 0 Å². The Bertz CT molecular complexity index is 1030. The zero-order valence-corrected chi connectivity index (χ0v) is 16.6. The van der Waals surface area contributed by atoms with Crippen LogP contribution in [-0.2, 0) is 11.4 Å². The average molecular weight is 404 g/mol. The molecule has 0 saturated carbocycles. The molecular formula is C23H17NO2S2. The summed E-state index contributed by atoms with van der Waals surface area (Å²) in [7, 11) is 0. The van der Waals surface area contributed by atoms with E-state index in [1.165, 1.54) is 11.8 Å². The third kappa shape index (κ3) is 4.01. The largest absolute Gasteiger partial charge is 0.488 e. The third-order valence-electron chi connectivity index (χ3n) is 4.25. The van der Waals surface area contributed by atoms with Crippen LogP contribution < -0.4 is 9.64 Å². The number of amides is 1. The summed E-state index contributed by atoms with van der Waals surface area (Å²) < 4.78 is 6.53. The molecule has 1 amide bonds. The van der Waals surface area contributed by atoms with Crippen molar-refractivity contribution >= 4 is 46.0 Å². The van der Waals surface area contributed by atoms with Crippen molar-refractivity contribution in [3.63, 3.8) is 0 Å². The molecule has 1 saturated heterocycles. The van der Waals surface area contributed by atoms with Crippen molar-refractivity contribution in [1.29, 1.82) is 0 Å². The minimum atomic E-state index is -0.112. The van der Waals surface area contributed by atoms with Crippen molar-refractivity contribution in [3.05, 3.63) is 101 Å². The van der Waals surface area contributed by atoms with Gasteiger partial charge in [-0.05, 0) is 29.8 Å². The average Bonchev–Trinajstić information content (AvgIpc) is 3.02. The zero-order chi connectivity index (χ0) is 19.3. The minimum absolute atomic E-state index is 0.112. The second kappa shape index (κ2) is 8.42. The number of ether oxygens (including phenoxy) is 1. The molecule has 1 aliphatic heterocycles. The lowest BCUT2D eigenvalue weighted by Crippen LogP contribution is -2.27. The molecule has 1 fully saturated rings. The fourth-order valence-electron chi connectivity index (χ4n) is 2.88. The number of thioether (sulfide) groups is 1. The number of rotatable bonds is 5. The smallest absolute Gasteiger partial charge is 0.270 e. The third-order valence-corrected chi connectivity index (χ3v) is 5.55. The van der Waals surface area contributed by atoms with Crippen molar-refractivity contribution < 1.29 is 9.53 Å². The summed E-state index contributed by atoms with van der Waals surface area (Å²) in [5.74, 6) is 0.621. The Morgan fingerprint density at radius 1 is 0.893 bits per heavy atom. The Balaban J connectivity index is 1.58. The highest BCUT2D eigenvalue weighted by molar-refractivity contribution is 8.27. The number of thiocarbonyl (C=S) groups is 1. The first-order valence-electron chi connectivity index (χ1n) is 8.81. The summed E-state index contributed by atoms with van der Waals surface area (Å²) in [4.78, 5) is 15.1. The van der Waals surface area contributed by atoms with Crippen LogP contribution in [0.4, 0.5) is 5.69 Å². The molecule has 3 nitrogen and oxygen atoms in total. The number of hydrogen-bond acceptors (Lipinski definition) is 4. The van der Waals surface area contributed by atoms with E-state index < -0.39 is 0 Å². The van der Waals surface area contributed by atoms with Gasteiger partial charge >= 0.3 is 0 Å². The van der Waals surface area contributed by atoms with Gasteiger partial charge in [-0.3, -0.25) is 9.69 Å². The first-order chi connectivity index (χ1) is 13.7. The molecular weight excluding hydrogens is 386 g/mol. The molecule has 0 aliphatic carbocycles. The summed E-state index contributed by atoms with van der Waals surface area (Å²) >= 11 is 6.74. The van der Waals surface area contributed by atoms with Gasteiger partial charge in [0.15, 0.2) is 4.32 Å². The van der Waals surface area contributed by atoms with Crippen molar-refractivity contribution in [2.45, 2.75) is 6.61 Å². The first-order valence-corrected chi connectivity index (χ1v) is 10.0. The molecule has 1 heterocycles. The molecule has 0 radical (unpaired) electrons. The van der Waals surface area contributed by atoms with E-state index in [4.69, 9.17) is 17.0 Å². The maximum Gasteiger partial charge on any atom is 0.270 e. The summed E-state index contributed by atoms with van der Waals surface area (Å²) in [6, 6.07) is 27.2. The lowest BCUT2D eigenvalue weighted by Gasteiger charge is -2.14. The molecule has 5 heteroatoms. The van der Waals surface area contributed by atoms with Crippen LogP contribution in [0.1, 0.15) is 11.1 Å². The van der Waals surface area contributed by atoms with Gasteiger partial charge in [-0.15, -0.1) is 0 Å². The normalized spacial score (nSPS) is 15.3. The lowest BCUT2D eigenvalue weighted by molar-refractivity contribution is -0.113. The highest BCUT2D eigenvalue weighted by atomic mass is 32.2. The van der Waals surface area contributed by atoms with E-state index in [0.29, 0.717) is 15.8 Å². The zero-order valence-electron chi connectivity index (χ0n) is 14.9. The van der Waals surface area contributed by atoms with E-state index in [1.807, 2.05) is 91.0 Å². The molecule has 0 spiro atoms. The molecule has 4 rings (SSSR count). The molecule has 138 valence electrons. The van der Waals surface area contributed by atoms with Crippen LogP contribution in [0.5, 0.6) is 5.75 Å². The van der Waals surface area contributed by atoms with Gasteiger partial charge in [0.1, 0.15) is 12.4 Å². The number of benzene rings is 3. The number of anilines is 1. The van der Waals surface area contributed by atoms with Crippen LogP contribution in [0.25, 0.3) is 6.08 Å². The maximum atomic E-state index is 12.9. The minimum Gasteiger partial charge on any atom is -0.488 e. The molecule has 28 heavy (non-hydrogen) atoms. The van der Waals surface area contributed by atoms with Gasteiger partial charge in [0.25, 0.3) is 5.91 Å². The highest BCUT2D eigenvalue weighted by Crippen LogP contribution is 2.37. The molecule has 3 aromatic carbocycles. The van der Waals surface area contributed by atoms with E-state index in [0.717, 1.165) is 22.6 Å². The fourth-order valence-corrected chi connectivity index (χ4v) is 4.17. The second-order valence-electron chi connectivity index (χ2n) is 6.16. The summed E-state index contributed by atoms with van der Waals surface area (Å²) in [5, 5.41) is 0. The van der Waals surface area contributed by atoms with E-state index in [-0.39, 0.29) is 5.91 Å². The topological polar surface area (TPSA) is 29.5 Å². The quantitative estimate of drug-likeness (QED) is 0.405. The van der Waals surface area contributed by atoms with E-state index in [9.17, 15) is 4.79 Å². The van der Waals surface area contributed by atoms with Gasteiger partial charge in [0, 0.05) is 5.56 Å². The Kier molecular flexibility index (Phi) is 5.55. The Morgan fingerprint density at radius 3 is 2.29 bits per heavy atom. The van der Waals surface area contributed by atoms with Crippen LogP contribution in [0.15, 0.2) is 89.8 Å². The Morgan fingerprint density at radius 2 is 1.54 bits per heavy atom.